The highest BCUT2D eigenvalue weighted by Gasteiger charge is 2.16. The van der Waals surface area contributed by atoms with Crippen molar-refractivity contribution < 1.29 is 18.7 Å². The van der Waals surface area contributed by atoms with Gasteiger partial charge in [-0.25, -0.2) is 4.79 Å². The van der Waals surface area contributed by atoms with Gasteiger partial charge in [0.2, 0.25) is 0 Å². The van der Waals surface area contributed by atoms with Crippen molar-refractivity contribution in [2.75, 3.05) is 13.2 Å². The molecule has 17 heavy (non-hydrogen) atoms. The minimum absolute atomic E-state index is 0.344. The maximum atomic E-state index is 11.7. The smallest absolute Gasteiger partial charge is 0.342 e. The summed E-state index contributed by atoms with van der Waals surface area (Å²) in [7, 11) is 0. The van der Waals surface area contributed by atoms with Crippen LogP contribution in [0, 0.1) is 0 Å². The molecule has 0 aliphatic rings. The third kappa shape index (κ3) is 2.11. The van der Waals surface area contributed by atoms with Crippen molar-refractivity contribution in [2.24, 2.45) is 0 Å². The molecule has 4 heteroatoms. The van der Waals surface area contributed by atoms with Crippen molar-refractivity contribution in [1.82, 2.24) is 0 Å². The second-order valence-corrected chi connectivity index (χ2v) is 3.44. The Balaban J connectivity index is 2.47. The SMILES string of the molecule is CCOC(=O)c1coc2c(OCC)cccc12. The maximum absolute atomic E-state index is 11.7. The van der Waals surface area contributed by atoms with Gasteiger partial charge < -0.3 is 13.9 Å². The molecule has 0 aliphatic carbocycles. The highest BCUT2D eigenvalue weighted by molar-refractivity contribution is 6.04. The molecular formula is C13H14O4. The van der Waals surface area contributed by atoms with E-state index < -0.39 is 0 Å². The standard InChI is InChI=1S/C13H14O4/c1-3-15-11-7-5-6-9-10(8-17-12(9)11)13(14)16-4-2/h5-8H,3-4H2,1-2H3. The molecule has 0 saturated heterocycles. The van der Waals surface area contributed by atoms with E-state index in [0.717, 1.165) is 5.39 Å². The number of hydrogen-bond donors (Lipinski definition) is 0. The molecule has 0 saturated carbocycles. The molecule has 0 unspecified atom stereocenters. The van der Waals surface area contributed by atoms with E-state index in [9.17, 15) is 4.79 Å². The van der Waals surface area contributed by atoms with E-state index in [0.29, 0.717) is 30.1 Å². The van der Waals surface area contributed by atoms with Crippen LogP contribution in [0.25, 0.3) is 11.0 Å². The minimum Gasteiger partial charge on any atom is -0.490 e. The first kappa shape index (κ1) is 11.5. The third-order valence-corrected chi connectivity index (χ3v) is 2.36. The van der Waals surface area contributed by atoms with Crippen LogP contribution in [-0.4, -0.2) is 19.2 Å². The van der Waals surface area contributed by atoms with Crippen LogP contribution in [0.15, 0.2) is 28.9 Å². The molecule has 90 valence electrons. The molecule has 1 aromatic heterocycles. The molecule has 0 N–H and O–H groups in total. The summed E-state index contributed by atoms with van der Waals surface area (Å²) in [5.74, 6) is 0.264. The molecular weight excluding hydrogens is 220 g/mol. The van der Waals surface area contributed by atoms with E-state index in [1.807, 2.05) is 25.1 Å². The number of carbonyl (C=O) groups excluding carboxylic acids is 1. The van der Waals surface area contributed by atoms with Gasteiger partial charge in [-0.1, -0.05) is 6.07 Å². The molecule has 0 bridgehead atoms. The predicted molar refractivity (Wildman–Crippen MR) is 63.3 cm³/mol. The van der Waals surface area contributed by atoms with Crippen molar-refractivity contribution in [2.45, 2.75) is 13.8 Å². The molecule has 4 nitrogen and oxygen atoms in total. The predicted octanol–water partition coefficient (Wildman–Crippen LogP) is 3.01. The summed E-state index contributed by atoms with van der Waals surface area (Å²) in [5.41, 5.74) is 1.01. The van der Waals surface area contributed by atoms with Gasteiger partial charge in [0, 0.05) is 5.39 Å². The number of furan rings is 1. The highest BCUT2D eigenvalue weighted by Crippen LogP contribution is 2.30. The van der Waals surface area contributed by atoms with Gasteiger partial charge in [0.15, 0.2) is 11.3 Å². The fourth-order valence-electron chi connectivity index (χ4n) is 1.67. The van der Waals surface area contributed by atoms with Crippen LogP contribution in [0.5, 0.6) is 5.75 Å². The number of hydrogen-bond acceptors (Lipinski definition) is 4. The summed E-state index contributed by atoms with van der Waals surface area (Å²) in [6.45, 7) is 4.56. The summed E-state index contributed by atoms with van der Waals surface area (Å²) in [4.78, 5) is 11.7. The van der Waals surface area contributed by atoms with Gasteiger partial charge in [0.1, 0.15) is 11.8 Å². The monoisotopic (exact) mass is 234 g/mol. The molecule has 0 fully saturated rings. The van der Waals surface area contributed by atoms with Crippen molar-refractivity contribution >= 4 is 16.9 Å². The zero-order chi connectivity index (χ0) is 12.3. The number of rotatable bonds is 4. The van der Waals surface area contributed by atoms with Crippen LogP contribution in [-0.2, 0) is 4.74 Å². The van der Waals surface area contributed by atoms with Gasteiger partial charge in [0.05, 0.1) is 13.2 Å². The molecule has 0 atom stereocenters. The molecule has 1 aromatic carbocycles. The summed E-state index contributed by atoms with van der Waals surface area (Å²) in [5, 5.41) is 0.717. The second kappa shape index (κ2) is 4.91. The number of benzene rings is 1. The van der Waals surface area contributed by atoms with Gasteiger partial charge >= 0.3 is 5.97 Å². The highest BCUT2D eigenvalue weighted by atomic mass is 16.5. The first-order valence-corrected chi connectivity index (χ1v) is 5.58. The minimum atomic E-state index is -0.375. The summed E-state index contributed by atoms with van der Waals surface area (Å²) >= 11 is 0. The average Bonchev–Trinajstić information content (AvgIpc) is 2.74. The van der Waals surface area contributed by atoms with Gasteiger partial charge in [0.25, 0.3) is 0 Å². The van der Waals surface area contributed by atoms with Crippen molar-refractivity contribution in [1.29, 1.82) is 0 Å². The first-order valence-electron chi connectivity index (χ1n) is 5.58. The summed E-state index contributed by atoms with van der Waals surface area (Å²) in [6.07, 6.45) is 1.41. The lowest BCUT2D eigenvalue weighted by Crippen LogP contribution is -2.03. The molecule has 0 radical (unpaired) electrons. The van der Waals surface area contributed by atoms with Crippen LogP contribution in [0.1, 0.15) is 24.2 Å². The lowest BCUT2D eigenvalue weighted by Gasteiger charge is -2.03. The average molecular weight is 234 g/mol. The van der Waals surface area contributed by atoms with E-state index in [-0.39, 0.29) is 5.97 Å². The Bertz CT molecular complexity index is 527. The summed E-state index contributed by atoms with van der Waals surface area (Å²) < 4.78 is 15.8. The first-order chi connectivity index (χ1) is 8.27. The summed E-state index contributed by atoms with van der Waals surface area (Å²) in [6, 6.07) is 5.45. The number of carbonyl (C=O) groups is 1. The van der Waals surface area contributed by atoms with Gasteiger partial charge in [-0.2, -0.15) is 0 Å². The van der Waals surface area contributed by atoms with E-state index in [4.69, 9.17) is 13.9 Å². The molecule has 0 aliphatic heterocycles. The van der Waals surface area contributed by atoms with Gasteiger partial charge in [-0.3, -0.25) is 0 Å². The molecule has 1 heterocycles. The second-order valence-electron chi connectivity index (χ2n) is 3.44. The van der Waals surface area contributed by atoms with Gasteiger partial charge in [-0.15, -0.1) is 0 Å². The lowest BCUT2D eigenvalue weighted by molar-refractivity contribution is 0.0527. The Kier molecular flexibility index (Phi) is 3.32. The van der Waals surface area contributed by atoms with Crippen molar-refractivity contribution in [3.8, 4) is 5.75 Å². The largest absolute Gasteiger partial charge is 0.490 e. The van der Waals surface area contributed by atoms with E-state index in [2.05, 4.69) is 0 Å². The molecule has 0 amide bonds. The topological polar surface area (TPSA) is 48.7 Å². The van der Waals surface area contributed by atoms with Crippen LogP contribution in [0.4, 0.5) is 0 Å². The zero-order valence-corrected chi connectivity index (χ0v) is 9.86. The number of para-hydroxylation sites is 1. The van der Waals surface area contributed by atoms with E-state index >= 15 is 0 Å². The van der Waals surface area contributed by atoms with Crippen molar-refractivity contribution in [3.63, 3.8) is 0 Å². The lowest BCUT2D eigenvalue weighted by atomic mass is 10.1. The normalized spacial score (nSPS) is 10.5. The quantitative estimate of drug-likeness (QED) is 0.763. The maximum Gasteiger partial charge on any atom is 0.342 e. The Morgan fingerprint density at radius 1 is 1.29 bits per heavy atom. The van der Waals surface area contributed by atoms with Crippen LogP contribution in [0.2, 0.25) is 0 Å². The fraction of sp³-hybridized carbons (Fsp3) is 0.308. The molecule has 2 aromatic rings. The Morgan fingerprint density at radius 2 is 2.12 bits per heavy atom. The van der Waals surface area contributed by atoms with E-state index in [1.165, 1.54) is 6.26 Å². The number of esters is 1. The van der Waals surface area contributed by atoms with Gasteiger partial charge in [-0.05, 0) is 26.0 Å². The Hall–Kier alpha value is -1.97. The Labute approximate surface area is 99.1 Å². The van der Waals surface area contributed by atoms with Crippen molar-refractivity contribution in [3.05, 3.63) is 30.0 Å². The Morgan fingerprint density at radius 3 is 2.82 bits per heavy atom. The fourth-order valence-corrected chi connectivity index (χ4v) is 1.67. The number of ether oxygens (including phenoxy) is 2. The van der Waals surface area contributed by atoms with Crippen LogP contribution < -0.4 is 4.74 Å². The van der Waals surface area contributed by atoms with Crippen LogP contribution >= 0.6 is 0 Å². The van der Waals surface area contributed by atoms with Crippen LogP contribution in [0.3, 0.4) is 0 Å². The molecule has 2 rings (SSSR count). The number of fused-ring (bicyclic) bond motifs is 1. The molecule has 0 spiro atoms. The zero-order valence-electron chi connectivity index (χ0n) is 9.86. The van der Waals surface area contributed by atoms with E-state index in [1.54, 1.807) is 6.92 Å². The third-order valence-electron chi connectivity index (χ3n) is 2.36.